The minimum atomic E-state index is 0.171. The monoisotopic (exact) mass is 289 g/mol. The number of hydrogen-bond acceptors (Lipinski definition) is 2. The van der Waals surface area contributed by atoms with Crippen LogP contribution in [0.15, 0.2) is 24.3 Å². The first-order chi connectivity index (χ1) is 9.82. The first-order valence-corrected chi connectivity index (χ1v) is 8.29. The van der Waals surface area contributed by atoms with Crippen molar-refractivity contribution in [2.45, 2.75) is 65.3 Å². The van der Waals surface area contributed by atoms with Gasteiger partial charge >= 0.3 is 0 Å². The molecule has 0 aromatic heterocycles. The van der Waals surface area contributed by atoms with Gasteiger partial charge < -0.3 is 10.1 Å². The maximum atomic E-state index is 5.98. The molecule has 2 rings (SSSR count). The number of rotatable bonds is 8. The lowest BCUT2D eigenvalue weighted by atomic mass is 9.82. The molecule has 0 saturated heterocycles. The van der Waals surface area contributed by atoms with Crippen LogP contribution in [0.2, 0.25) is 0 Å². The van der Waals surface area contributed by atoms with Gasteiger partial charge in [-0.25, -0.2) is 0 Å². The van der Waals surface area contributed by atoms with Crippen LogP contribution in [0.25, 0.3) is 0 Å². The molecular weight excluding hydrogens is 258 g/mol. The van der Waals surface area contributed by atoms with Crippen LogP contribution in [0.3, 0.4) is 0 Å². The van der Waals surface area contributed by atoms with Crippen molar-refractivity contribution in [2.75, 3.05) is 13.2 Å². The maximum Gasteiger partial charge on any atom is 0.119 e. The van der Waals surface area contributed by atoms with E-state index in [9.17, 15) is 0 Å². The molecule has 1 aromatic rings. The zero-order valence-electron chi connectivity index (χ0n) is 14.3. The Morgan fingerprint density at radius 1 is 1.10 bits per heavy atom. The molecule has 1 aliphatic rings. The van der Waals surface area contributed by atoms with Crippen LogP contribution in [0, 0.1) is 5.41 Å². The summed E-state index contributed by atoms with van der Waals surface area (Å²) in [5, 5.41) is 3.59. The molecule has 2 nitrogen and oxygen atoms in total. The van der Waals surface area contributed by atoms with Crippen molar-refractivity contribution in [3.63, 3.8) is 0 Å². The maximum absolute atomic E-state index is 5.98. The van der Waals surface area contributed by atoms with Gasteiger partial charge in [0.2, 0.25) is 0 Å². The molecule has 0 unspecified atom stereocenters. The number of hydrogen-bond donors (Lipinski definition) is 1. The minimum absolute atomic E-state index is 0.171. The highest BCUT2D eigenvalue weighted by atomic mass is 16.5. The van der Waals surface area contributed by atoms with E-state index < -0.39 is 0 Å². The van der Waals surface area contributed by atoms with Gasteiger partial charge in [0.25, 0.3) is 0 Å². The quantitative estimate of drug-likeness (QED) is 0.759. The molecule has 0 heterocycles. The van der Waals surface area contributed by atoms with Gasteiger partial charge in [0.1, 0.15) is 5.75 Å². The van der Waals surface area contributed by atoms with Crippen LogP contribution in [-0.4, -0.2) is 19.2 Å². The van der Waals surface area contributed by atoms with E-state index in [1.54, 1.807) is 0 Å². The normalized spacial score (nSPS) is 16.0. The summed E-state index contributed by atoms with van der Waals surface area (Å²) in [6.07, 6.45) is 3.82. The Hall–Kier alpha value is -1.02. The van der Waals surface area contributed by atoms with E-state index in [4.69, 9.17) is 4.74 Å². The molecule has 1 N–H and O–H groups in total. The molecule has 1 aromatic carbocycles. The van der Waals surface area contributed by atoms with Gasteiger partial charge in [-0.05, 0) is 42.4 Å². The molecule has 0 bridgehead atoms. The van der Waals surface area contributed by atoms with Gasteiger partial charge in [0.05, 0.1) is 6.61 Å². The summed E-state index contributed by atoms with van der Waals surface area (Å²) >= 11 is 0. The van der Waals surface area contributed by atoms with Gasteiger partial charge in [0, 0.05) is 18.0 Å². The summed E-state index contributed by atoms with van der Waals surface area (Å²) in [4.78, 5) is 0. The lowest BCUT2D eigenvalue weighted by molar-refractivity contribution is 0.176. The van der Waals surface area contributed by atoms with Crippen LogP contribution in [0.5, 0.6) is 5.75 Å². The Morgan fingerprint density at radius 2 is 1.71 bits per heavy atom. The SMILES string of the molecule is CCC(C)(C)c1ccc(OCC(C)(C)CNC2CC2)cc1. The van der Waals surface area contributed by atoms with Crippen molar-refractivity contribution in [3.05, 3.63) is 29.8 Å². The van der Waals surface area contributed by atoms with Crippen LogP contribution < -0.4 is 10.1 Å². The predicted octanol–water partition coefficient (Wildman–Crippen LogP) is 4.53. The molecule has 1 saturated carbocycles. The third kappa shape index (κ3) is 5.03. The second-order valence-corrected chi connectivity index (χ2v) is 7.87. The van der Waals surface area contributed by atoms with E-state index >= 15 is 0 Å². The molecule has 21 heavy (non-hydrogen) atoms. The van der Waals surface area contributed by atoms with Crippen LogP contribution in [0.1, 0.15) is 59.4 Å². The first kappa shape index (κ1) is 16.4. The van der Waals surface area contributed by atoms with E-state index in [-0.39, 0.29) is 10.8 Å². The molecule has 118 valence electrons. The summed E-state index contributed by atoms with van der Waals surface area (Å²) in [7, 11) is 0. The number of ether oxygens (including phenoxy) is 1. The van der Waals surface area contributed by atoms with E-state index in [1.165, 1.54) is 18.4 Å². The highest BCUT2D eigenvalue weighted by Gasteiger charge is 2.25. The zero-order chi connectivity index (χ0) is 15.5. The molecule has 0 aliphatic heterocycles. The number of nitrogens with one attached hydrogen (secondary N) is 1. The van der Waals surface area contributed by atoms with Gasteiger partial charge in [-0.2, -0.15) is 0 Å². The lowest BCUT2D eigenvalue weighted by Crippen LogP contribution is -2.35. The molecule has 0 radical (unpaired) electrons. The molecular formula is C19H31NO. The number of benzene rings is 1. The van der Waals surface area contributed by atoms with Crippen molar-refractivity contribution >= 4 is 0 Å². The van der Waals surface area contributed by atoms with Gasteiger partial charge in [0.15, 0.2) is 0 Å². The topological polar surface area (TPSA) is 21.3 Å². The third-order valence-electron chi connectivity index (χ3n) is 4.60. The predicted molar refractivity (Wildman–Crippen MR) is 90.1 cm³/mol. The van der Waals surface area contributed by atoms with E-state index in [2.05, 4.69) is 64.2 Å². The average Bonchev–Trinajstić information content (AvgIpc) is 3.28. The van der Waals surface area contributed by atoms with E-state index in [0.717, 1.165) is 31.4 Å². The van der Waals surface area contributed by atoms with Crippen molar-refractivity contribution in [1.82, 2.24) is 5.32 Å². The highest BCUT2D eigenvalue weighted by Crippen LogP contribution is 2.28. The molecule has 1 aliphatic carbocycles. The van der Waals surface area contributed by atoms with Crippen LogP contribution in [-0.2, 0) is 5.41 Å². The van der Waals surface area contributed by atoms with Crippen LogP contribution in [0.4, 0.5) is 0 Å². The molecule has 0 amide bonds. The Balaban J connectivity index is 1.85. The first-order valence-electron chi connectivity index (χ1n) is 8.29. The fraction of sp³-hybridized carbons (Fsp3) is 0.684. The van der Waals surface area contributed by atoms with Gasteiger partial charge in [-0.3, -0.25) is 0 Å². The van der Waals surface area contributed by atoms with Gasteiger partial charge in [-0.15, -0.1) is 0 Å². The minimum Gasteiger partial charge on any atom is -0.493 e. The second-order valence-electron chi connectivity index (χ2n) is 7.87. The Kier molecular flexibility index (Phi) is 4.98. The summed E-state index contributed by atoms with van der Waals surface area (Å²) in [6.45, 7) is 13.1. The summed E-state index contributed by atoms with van der Waals surface area (Å²) in [5.41, 5.74) is 1.79. The van der Waals surface area contributed by atoms with Gasteiger partial charge in [-0.1, -0.05) is 46.8 Å². The van der Waals surface area contributed by atoms with Crippen molar-refractivity contribution in [3.8, 4) is 5.75 Å². The summed E-state index contributed by atoms with van der Waals surface area (Å²) < 4.78 is 5.98. The average molecular weight is 289 g/mol. The second kappa shape index (κ2) is 6.39. The molecule has 0 spiro atoms. The molecule has 0 atom stereocenters. The Morgan fingerprint density at radius 3 is 2.24 bits per heavy atom. The standard InChI is InChI=1S/C19H31NO/c1-6-19(4,5)15-7-11-17(12-8-15)21-14-18(2,3)13-20-16-9-10-16/h7-8,11-12,16,20H,6,9-10,13-14H2,1-5H3. The summed E-state index contributed by atoms with van der Waals surface area (Å²) in [5.74, 6) is 0.977. The Labute approximate surface area is 130 Å². The molecule has 2 heteroatoms. The van der Waals surface area contributed by atoms with Crippen molar-refractivity contribution in [1.29, 1.82) is 0 Å². The fourth-order valence-corrected chi connectivity index (χ4v) is 2.24. The third-order valence-corrected chi connectivity index (χ3v) is 4.60. The zero-order valence-corrected chi connectivity index (χ0v) is 14.3. The molecule has 1 fully saturated rings. The fourth-order valence-electron chi connectivity index (χ4n) is 2.24. The summed E-state index contributed by atoms with van der Waals surface area (Å²) in [6, 6.07) is 9.39. The lowest BCUT2D eigenvalue weighted by Gasteiger charge is -2.26. The Bertz CT molecular complexity index is 443. The largest absolute Gasteiger partial charge is 0.493 e. The van der Waals surface area contributed by atoms with E-state index in [1.807, 2.05) is 0 Å². The smallest absolute Gasteiger partial charge is 0.119 e. The van der Waals surface area contributed by atoms with Crippen molar-refractivity contribution < 1.29 is 4.74 Å². The van der Waals surface area contributed by atoms with E-state index in [0.29, 0.717) is 0 Å². The van der Waals surface area contributed by atoms with Crippen molar-refractivity contribution in [2.24, 2.45) is 5.41 Å². The highest BCUT2D eigenvalue weighted by molar-refractivity contribution is 5.31. The van der Waals surface area contributed by atoms with Crippen LogP contribution >= 0.6 is 0 Å².